The molecular weight excluding hydrogens is 482 g/mol. The van der Waals surface area contributed by atoms with Gasteiger partial charge in [0.2, 0.25) is 0 Å². The Kier molecular flexibility index (Phi) is 6.94. The Morgan fingerprint density at radius 2 is 1.82 bits per heavy atom. The van der Waals surface area contributed by atoms with Gasteiger partial charge >= 0.3 is 6.09 Å². The summed E-state index contributed by atoms with van der Waals surface area (Å²) in [7, 11) is 1.45. The number of benzene rings is 3. The van der Waals surface area contributed by atoms with Crippen LogP contribution in [0.5, 0.6) is 0 Å². The van der Waals surface area contributed by atoms with E-state index >= 15 is 0 Å². The van der Waals surface area contributed by atoms with Gasteiger partial charge < -0.3 is 5.11 Å². The number of unbranched alkanes of at least 4 members (excludes halogenated alkanes) is 1. The number of hydrogen-bond acceptors (Lipinski definition) is 6. The molecule has 5 aromatic rings. The first-order chi connectivity index (χ1) is 18.5. The third-order valence-electron chi connectivity index (χ3n) is 6.58. The Morgan fingerprint density at radius 3 is 2.50 bits per heavy atom. The molecule has 0 atom stereocenters. The number of aryl methyl sites for hydroxylation is 1. The molecule has 0 aliphatic carbocycles. The van der Waals surface area contributed by atoms with Crippen molar-refractivity contribution in [3.05, 3.63) is 88.5 Å². The van der Waals surface area contributed by atoms with Crippen LogP contribution in [-0.4, -0.2) is 48.4 Å². The molecule has 0 saturated carbocycles. The Balaban J connectivity index is 1.52. The second-order valence-electron chi connectivity index (χ2n) is 9.06. The smallest absolute Gasteiger partial charge is 0.411 e. The Bertz CT molecular complexity index is 1640. The zero-order valence-electron chi connectivity index (χ0n) is 21.1. The molecule has 2 N–H and O–H groups in total. The number of carboxylic acid groups (broad SMARTS) is 1. The summed E-state index contributed by atoms with van der Waals surface area (Å²) in [5, 5.41) is 24.0. The average molecular weight is 510 g/mol. The number of anilines is 1. The van der Waals surface area contributed by atoms with E-state index in [1.165, 1.54) is 7.05 Å². The van der Waals surface area contributed by atoms with E-state index < -0.39 is 6.09 Å². The summed E-state index contributed by atoms with van der Waals surface area (Å²) in [4.78, 5) is 31.0. The monoisotopic (exact) mass is 509 g/mol. The highest BCUT2D eigenvalue weighted by atomic mass is 16.4. The lowest BCUT2D eigenvalue weighted by molar-refractivity contribution is 0.203. The van der Waals surface area contributed by atoms with Gasteiger partial charge in [-0.05, 0) is 51.7 Å². The van der Waals surface area contributed by atoms with Gasteiger partial charge in [-0.1, -0.05) is 61.9 Å². The first kappa shape index (κ1) is 24.8. The summed E-state index contributed by atoms with van der Waals surface area (Å²) in [5.74, 6) is 1.31. The first-order valence-electron chi connectivity index (χ1n) is 12.4. The molecule has 5 rings (SSSR count). The number of H-pyrrole nitrogens is 1. The molecule has 0 fully saturated rings. The van der Waals surface area contributed by atoms with Crippen molar-refractivity contribution in [3.63, 3.8) is 0 Å². The number of carbonyl (C=O) groups is 1. The number of rotatable bonds is 8. The van der Waals surface area contributed by atoms with E-state index in [1.807, 2.05) is 48.5 Å². The fourth-order valence-corrected chi connectivity index (χ4v) is 4.45. The maximum Gasteiger partial charge on any atom is 0.411 e. The van der Waals surface area contributed by atoms with Crippen molar-refractivity contribution in [3.8, 4) is 22.5 Å². The first-order valence-corrected chi connectivity index (χ1v) is 12.4. The van der Waals surface area contributed by atoms with Crippen LogP contribution in [0, 0.1) is 0 Å². The van der Waals surface area contributed by atoms with Crippen LogP contribution in [-0.2, 0) is 13.0 Å². The predicted molar refractivity (Wildman–Crippen MR) is 145 cm³/mol. The third kappa shape index (κ3) is 4.88. The maximum absolute atomic E-state index is 13.7. The zero-order valence-corrected chi connectivity index (χ0v) is 21.1. The number of nitrogens with one attached hydrogen (secondary N) is 1. The minimum Gasteiger partial charge on any atom is -0.465 e. The molecule has 0 aliphatic heterocycles. The van der Waals surface area contributed by atoms with Crippen molar-refractivity contribution < 1.29 is 9.90 Å². The van der Waals surface area contributed by atoms with Crippen molar-refractivity contribution in [1.29, 1.82) is 0 Å². The molecule has 0 aliphatic rings. The van der Waals surface area contributed by atoms with Gasteiger partial charge in [0.15, 0.2) is 5.82 Å². The minimum absolute atomic E-state index is 0.186. The van der Waals surface area contributed by atoms with Crippen LogP contribution in [0.25, 0.3) is 33.4 Å². The second-order valence-corrected chi connectivity index (χ2v) is 9.06. The molecule has 0 spiro atoms. The molecule has 0 saturated heterocycles. The summed E-state index contributed by atoms with van der Waals surface area (Å²) in [6.07, 6.45) is 1.46. The molecule has 3 aromatic carbocycles. The highest BCUT2D eigenvalue weighted by Crippen LogP contribution is 2.30. The fourth-order valence-electron chi connectivity index (χ4n) is 4.45. The Morgan fingerprint density at radius 1 is 1.05 bits per heavy atom. The van der Waals surface area contributed by atoms with Crippen LogP contribution >= 0.6 is 0 Å². The lowest BCUT2D eigenvalue weighted by Gasteiger charge is -2.16. The standard InChI is InChI=1S/C28H27N7O3/c1-3-4-9-25-29-24-15-14-20(34(2)28(37)38)16-23(24)27(36)35(25)17-18-10-12-19(13-11-18)21-7-5-6-8-22(21)26-30-32-33-31-26/h5-8,10-16H,3-4,9,17H2,1-2H3,(H,37,38)(H,30,31,32,33). The molecule has 2 aromatic heterocycles. The van der Waals surface area contributed by atoms with Gasteiger partial charge in [0, 0.05) is 24.7 Å². The summed E-state index contributed by atoms with van der Waals surface area (Å²) in [6.45, 7) is 2.46. The number of aromatic nitrogens is 6. The molecule has 0 bridgehead atoms. The van der Waals surface area contributed by atoms with Crippen LogP contribution in [0.3, 0.4) is 0 Å². The second kappa shape index (κ2) is 10.6. The van der Waals surface area contributed by atoms with Gasteiger partial charge in [-0.15, -0.1) is 5.10 Å². The van der Waals surface area contributed by atoms with Gasteiger partial charge in [-0.2, -0.15) is 0 Å². The van der Waals surface area contributed by atoms with Crippen LogP contribution < -0.4 is 10.5 Å². The van der Waals surface area contributed by atoms with Gasteiger partial charge in [-0.25, -0.2) is 14.9 Å². The lowest BCUT2D eigenvalue weighted by Crippen LogP contribution is -2.27. The van der Waals surface area contributed by atoms with Gasteiger partial charge in [-0.3, -0.25) is 14.3 Å². The molecule has 10 heteroatoms. The highest BCUT2D eigenvalue weighted by Gasteiger charge is 2.16. The van der Waals surface area contributed by atoms with E-state index in [4.69, 9.17) is 4.98 Å². The van der Waals surface area contributed by atoms with Crippen LogP contribution in [0.4, 0.5) is 10.5 Å². The number of hydrogen-bond donors (Lipinski definition) is 2. The van der Waals surface area contributed by atoms with Gasteiger partial charge in [0.25, 0.3) is 5.56 Å². The van der Waals surface area contributed by atoms with E-state index in [2.05, 4.69) is 27.5 Å². The summed E-state index contributed by atoms with van der Waals surface area (Å²) in [5.41, 5.74) is 4.62. The SMILES string of the molecule is CCCCc1nc2ccc(N(C)C(=O)O)cc2c(=O)n1Cc1ccc(-c2ccccc2-c2nnn[nH]2)cc1. The third-order valence-corrected chi connectivity index (χ3v) is 6.58. The minimum atomic E-state index is -1.10. The number of amides is 1. The molecule has 0 radical (unpaired) electrons. The van der Waals surface area contributed by atoms with E-state index in [9.17, 15) is 14.7 Å². The van der Waals surface area contributed by atoms with Crippen LogP contribution in [0.15, 0.2) is 71.5 Å². The maximum atomic E-state index is 13.7. The van der Waals surface area contributed by atoms with Gasteiger partial charge in [0.05, 0.1) is 17.4 Å². The topological polar surface area (TPSA) is 130 Å². The fraction of sp³-hybridized carbons (Fsp3) is 0.214. The van der Waals surface area contributed by atoms with E-state index in [0.29, 0.717) is 35.4 Å². The number of tetrazole rings is 1. The van der Waals surface area contributed by atoms with E-state index in [0.717, 1.165) is 45.8 Å². The number of aromatic amines is 1. The van der Waals surface area contributed by atoms with Crippen molar-refractivity contribution in [2.75, 3.05) is 11.9 Å². The summed E-state index contributed by atoms with van der Waals surface area (Å²) < 4.78 is 1.70. The van der Waals surface area contributed by atoms with E-state index in [1.54, 1.807) is 22.8 Å². The van der Waals surface area contributed by atoms with Crippen molar-refractivity contribution in [2.45, 2.75) is 32.7 Å². The number of fused-ring (bicyclic) bond motifs is 1. The largest absolute Gasteiger partial charge is 0.465 e. The van der Waals surface area contributed by atoms with Crippen LogP contribution in [0.2, 0.25) is 0 Å². The quantitative estimate of drug-likeness (QED) is 0.309. The molecule has 38 heavy (non-hydrogen) atoms. The molecule has 1 amide bonds. The molecular formula is C28H27N7O3. The zero-order chi connectivity index (χ0) is 26.6. The highest BCUT2D eigenvalue weighted by molar-refractivity contribution is 5.90. The molecule has 192 valence electrons. The van der Waals surface area contributed by atoms with Crippen molar-refractivity contribution in [2.24, 2.45) is 0 Å². The lowest BCUT2D eigenvalue weighted by atomic mass is 9.98. The van der Waals surface area contributed by atoms with Crippen molar-refractivity contribution in [1.82, 2.24) is 30.2 Å². The number of nitrogens with zero attached hydrogens (tertiary/aromatic N) is 6. The molecule has 0 unspecified atom stereocenters. The molecule has 10 nitrogen and oxygen atoms in total. The van der Waals surface area contributed by atoms with Gasteiger partial charge in [0.1, 0.15) is 5.82 Å². The van der Waals surface area contributed by atoms with Crippen LogP contribution in [0.1, 0.15) is 31.2 Å². The Labute approximate surface area is 218 Å². The normalized spacial score (nSPS) is 11.1. The summed E-state index contributed by atoms with van der Waals surface area (Å²) in [6, 6.07) is 20.9. The molecule has 2 heterocycles. The predicted octanol–water partition coefficient (Wildman–Crippen LogP) is 4.75. The summed E-state index contributed by atoms with van der Waals surface area (Å²) >= 11 is 0. The average Bonchev–Trinajstić information content (AvgIpc) is 3.48. The van der Waals surface area contributed by atoms with Crippen molar-refractivity contribution >= 4 is 22.7 Å². The Hall–Kier alpha value is -4.86. The van der Waals surface area contributed by atoms with E-state index in [-0.39, 0.29) is 5.56 Å².